The van der Waals surface area contributed by atoms with Gasteiger partial charge in [-0.05, 0) is 61.9 Å². The standard InChI is InChI=1S/C17H19BrClNO/c1-10-5-12(8-13(19)6-10)17(20-3)14-9-15(18)11(2)7-16(14)21-4/h5-9,17,20H,1-4H3. The van der Waals surface area contributed by atoms with E-state index in [1.807, 2.05) is 39.1 Å². The number of hydrogen-bond acceptors (Lipinski definition) is 2. The minimum atomic E-state index is 0.0225. The second kappa shape index (κ2) is 6.82. The summed E-state index contributed by atoms with van der Waals surface area (Å²) >= 11 is 9.80. The van der Waals surface area contributed by atoms with Crippen molar-refractivity contribution in [3.05, 3.63) is 62.1 Å². The van der Waals surface area contributed by atoms with Crippen LogP contribution < -0.4 is 10.1 Å². The Kier molecular flexibility index (Phi) is 5.31. The van der Waals surface area contributed by atoms with Gasteiger partial charge in [-0.1, -0.05) is 33.6 Å². The van der Waals surface area contributed by atoms with Crippen LogP contribution in [-0.4, -0.2) is 14.2 Å². The van der Waals surface area contributed by atoms with Crippen LogP contribution in [0.5, 0.6) is 5.75 Å². The Labute approximate surface area is 139 Å². The molecule has 0 spiro atoms. The third-order valence-electron chi connectivity index (χ3n) is 3.51. The molecule has 1 atom stereocenters. The van der Waals surface area contributed by atoms with Crippen molar-refractivity contribution in [1.29, 1.82) is 0 Å². The summed E-state index contributed by atoms with van der Waals surface area (Å²) in [6, 6.07) is 10.3. The first-order valence-corrected chi connectivity index (χ1v) is 7.91. The van der Waals surface area contributed by atoms with E-state index in [2.05, 4.69) is 33.4 Å². The molecular weight excluding hydrogens is 350 g/mol. The highest BCUT2D eigenvalue weighted by atomic mass is 79.9. The van der Waals surface area contributed by atoms with Gasteiger partial charge >= 0.3 is 0 Å². The number of halogens is 2. The Morgan fingerprint density at radius 1 is 1.14 bits per heavy atom. The predicted octanol–water partition coefficient (Wildman–Crippen LogP) is 5.04. The molecule has 0 aliphatic carbocycles. The largest absolute Gasteiger partial charge is 0.496 e. The molecule has 0 saturated heterocycles. The summed E-state index contributed by atoms with van der Waals surface area (Å²) in [6.45, 7) is 4.10. The van der Waals surface area contributed by atoms with Gasteiger partial charge in [0.05, 0.1) is 13.2 Å². The highest BCUT2D eigenvalue weighted by Gasteiger charge is 2.18. The SMILES string of the molecule is CNC(c1cc(C)cc(Cl)c1)c1cc(Br)c(C)cc1OC. The van der Waals surface area contributed by atoms with Gasteiger partial charge in [-0.2, -0.15) is 0 Å². The van der Waals surface area contributed by atoms with Gasteiger partial charge in [0, 0.05) is 15.1 Å². The molecule has 1 unspecified atom stereocenters. The molecule has 21 heavy (non-hydrogen) atoms. The minimum absolute atomic E-state index is 0.0225. The lowest BCUT2D eigenvalue weighted by molar-refractivity contribution is 0.405. The first kappa shape index (κ1) is 16.3. The first-order valence-electron chi connectivity index (χ1n) is 6.74. The Hall–Kier alpha value is -1.03. The molecule has 0 radical (unpaired) electrons. The van der Waals surface area contributed by atoms with E-state index in [1.165, 1.54) is 0 Å². The van der Waals surface area contributed by atoms with Crippen molar-refractivity contribution in [1.82, 2.24) is 5.32 Å². The van der Waals surface area contributed by atoms with E-state index in [0.717, 1.165) is 37.5 Å². The van der Waals surface area contributed by atoms with Crippen LogP contribution in [-0.2, 0) is 0 Å². The molecule has 112 valence electrons. The van der Waals surface area contributed by atoms with Gasteiger partial charge < -0.3 is 10.1 Å². The third kappa shape index (κ3) is 3.60. The molecule has 2 aromatic rings. The summed E-state index contributed by atoms with van der Waals surface area (Å²) in [5, 5.41) is 4.10. The monoisotopic (exact) mass is 367 g/mol. The summed E-state index contributed by atoms with van der Waals surface area (Å²) < 4.78 is 6.62. The molecule has 0 bridgehead atoms. The number of hydrogen-bond donors (Lipinski definition) is 1. The van der Waals surface area contributed by atoms with Crippen molar-refractivity contribution in [2.75, 3.05) is 14.2 Å². The molecule has 0 aliphatic rings. The molecule has 0 saturated carbocycles. The van der Waals surface area contributed by atoms with Crippen molar-refractivity contribution in [2.45, 2.75) is 19.9 Å². The van der Waals surface area contributed by atoms with Gasteiger partial charge in [0.2, 0.25) is 0 Å². The van der Waals surface area contributed by atoms with E-state index in [1.54, 1.807) is 7.11 Å². The van der Waals surface area contributed by atoms with E-state index in [4.69, 9.17) is 16.3 Å². The summed E-state index contributed by atoms with van der Waals surface area (Å²) in [4.78, 5) is 0. The predicted molar refractivity (Wildman–Crippen MR) is 92.5 cm³/mol. The fourth-order valence-electron chi connectivity index (χ4n) is 2.51. The summed E-state index contributed by atoms with van der Waals surface area (Å²) in [5.74, 6) is 0.868. The number of methoxy groups -OCH3 is 1. The lowest BCUT2D eigenvalue weighted by atomic mass is 9.96. The molecule has 0 aliphatic heterocycles. The Morgan fingerprint density at radius 3 is 2.43 bits per heavy atom. The van der Waals surface area contributed by atoms with Crippen LogP contribution in [0.3, 0.4) is 0 Å². The second-order valence-electron chi connectivity index (χ2n) is 5.13. The van der Waals surface area contributed by atoms with E-state index < -0.39 is 0 Å². The number of benzene rings is 2. The van der Waals surface area contributed by atoms with E-state index >= 15 is 0 Å². The third-order valence-corrected chi connectivity index (χ3v) is 4.58. The minimum Gasteiger partial charge on any atom is -0.496 e. The Balaban J connectivity index is 2.58. The Morgan fingerprint density at radius 2 is 1.86 bits per heavy atom. The van der Waals surface area contributed by atoms with Gasteiger partial charge in [0.1, 0.15) is 5.75 Å². The Bertz CT molecular complexity index is 637. The second-order valence-corrected chi connectivity index (χ2v) is 6.42. The van der Waals surface area contributed by atoms with Crippen LogP contribution >= 0.6 is 27.5 Å². The molecule has 0 amide bonds. The van der Waals surface area contributed by atoms with Crippen molar-refractivity contribution in [2.24, 2.45) is 0 Å². The maximum absolute atomic E-state index is 6.20. The molecule has 2 nitrogen and oxygen atoms in total. The molecule has 2 aromatic carbocycles. The fraction of sp³-hybridized carbons (Fsp3) is 0.294. The van der Waals surface area contributed by atoms with Crippen LogP contribution in [0.4, 0.5) is 0 Å². The van der Waals surface area contributed by atoms with Gasteiger partial charge in [-0.25, -0.2) is 0 Å². The number of rotatable bonds is 4. The van der Waals surface area contributed by atoms with Crippen LogP contribution in [0.1, 0.15) is 28.3 Å². The maximum Gasteiger partial charge on any atom is 0.124 e. The molecule has 0 fully saturated rings. The normalized spacial score (nSPS) is 12.3. The number of nitrogens with one attached hydrogen (secondary N) is 1. The van der Waals surface area contributed by atoms with Gasteiger partial charge in [-0.15, -0.1) is 0 Å². The topological polar surface area (TPSA) is 21.3 Å². The van der Waals surface area contributed by atoms with Crippen LogP contribution in [0, 0.1) is 13.8 Å². The van der Waals surface area contributed by atoms with Crippen LogP contribution in [0.15, 0.2) is 34.8 Å². The van der Waals surface area contributed by atoms with Gasteiger partial charge in [-0.3, -0.25) is 0 Å². The number of aryl methyl sites for hydroxylation is 2. The summed E-state index contributed by atoms with van der Waals surface area (Å²) in [6.07, 6.45) is 0. The van der Waals surface area contributed by atoms with E-state index in [-0.39, 0.29) is 6.04 Å². The fourth-order valence-corrected chi connectivity index (χ4v) is 3.16. The zero-order chi connectivity index (χ0) is 15.6. The van der Waals surface area contributed by atoms with Crippen LogP contribution in [0.2, 0.25) is 5.02 Å². The average Bonchev–Trinajstić information content (AvgIpc) is 2.42. The molecule has 2 rings (SSSR count). The lowest BCUT2D eigenvalue weighted by Gasteiger charge is -2.21. The highest BCUT2D eigenvalue weighted by molar-refractivity contribution is 9.10. The van der Waals surface area contributed by atoms with Crippen molar-refractivity contribution in [3.63, 3.8) is 0 Å². The highest BCUT2D eigenvalue weighted by Crippen LogP contribution is 2.35. The van der Waals surface area contributed by atoms with Crippen molar-refractivity contribution >= 4 is 27.5 Å². The van der Waals surface area contributed by atoms with E-state index in [9.17, 15) is 0 Å². The lowest BCUT2D eigenvalue weighted by Crippen LogP contribution is -2.18. The molecule has 1 N–H and O–H groups in total. The molecule has 4 heteroatoms. The molecular formula is C17H19BrClNO. The molecule has 0 aromatic heterocycles. The zero-order valence-electron chi connectivity index (χ0n) is 12.6. The smallest absolute Gasteiger partial charge is 0.124 e. The summed E-state index contributed by atoms with van der Waals surface area (Å²) in [7, 11) is 3.64. The average molecular weight is 369 g/mol. The van der Waals surface area contributed by atoms with Gasteiger partial charge in [0.15, 0.2) is 0 Å². The van der Waals surface area contributed by atoms with E-state index in [0.29, 0.717) is 0 Å². The zero-order valence-corrected chi connectivity index (χ0v) is 15.0. The molecule has 0 heterocycles. The van der Waals surface area contributed by atoms with Crippen molar-refractivity contribution in [3.8, 4) is 5.75 Å². The van der Waals surface area contributed by atoms with Gasteiger partial charge in [0.25, 0.3) is 0 Å². The maximum atomic E-state index is 6.20. The first-order chi connectivity index (χ1) is 9.96. The number of ether oxygens (including phenoxy) is 1. The van der Waals surface area contributed by atoms with Crippen LogP contribution in [0.25, 0.3) is 0 Å². The summed E-state index contributed by atoms with van der Waals surface area (Å²) in [5.41, 5.74) is 4.49. The van der Waals surface area contributed by atoms with Crippen molar-refractivity contribution < 1.29 is 4.74 Å². The quantitative estimate of drug-likeness (QED) is 0.816.